The molecule has 0 radical (unpaired) electrons. The Bertz CT molecular complexity index is 291. The minimum Gasteiger partial charge on any atom is -0.491 e. The topological polar surface area (TPSA) is 22.1 Å². The minimum atomic E-state index is 0.261. The quantitative estimate of drug-likeness (QED) is 0.615. The van der Waals surface area contributed by atoms with Crippen LogP contribution in [0.5, 0.6) is 5.75 Å². The van der Waals surface area contributed by atoms with Gasteiger partial charge in [0.25, 0.3) is 0 Å². The van der Waals surface area contributed by atoms with Crippen molar-refractivity contribution in [2.75, 3.05) is 6.61 Å². The molecule has 0 fully saturated rings. The highest BCUT2D eigenvalue weighted by molar-refractivity contribution is 9.09. The fraction of sp³-hybridized carbons (Fsp3) is 0.444. The smallest absolute Gasteiger partial charge is 0.171 e. The summed E-state index contributed by atoms with van der Waals surface area (Å²) in [4.78, 5) is 4.29. The van der Waals surface area contributed by atoms with Gasteiger partial charge in [0.1, 0.15) is 0 Å². The molecule has 0 bridgehead atoms. The lowest BCUT2D eigenvalue weighted by Crippen LogP contribution is -1.95. The predicted octanol–water partition coefficient (Wildman–Crippen LogP) is 3.59. The molecule has 1 atom stereocenters. The molecule has 0 aliphatic rings. The Labute approximate surface area is 91.4 Å². The van der Waals surface area contributed by atoms with Gasteiger partial charge in [-0.3, -0.25) is 0 Å². The summed E-state index contributed by atoms with van der Waals surface area (Å²) in [7, 11) is 0. The Morgan fingerprint density at radius 3 is 2.92 bits per heavy atom. The van der Waals surface area contributed by atoms with Crippen molar-refractivity contribution in [3.63, 3.8) is 0 Å². The molecule has 0 spiro atoms. The first-order valence-corrected chi connectivity index (χ1v) is 5.36. The normalized spacial score (nSPS) is 12.6. The molecule has 1 heterocycles. The Morgan fingerprint density at radius 1 is 1.69 bits per heavy atom. The van der Waals surface area contributed by atoms with E-state index in [1.54, 1.807) is 6.20 Å². The number of aromatic nitrogens is 1. The number of nitrogens with zero attached hydrogens (tertiary/aromatic N) is 1. The molecule has 0 amide bonds. The van der Waals surface area contributed by atoms with Gasteiger partial charge in [0.15, 0.2) is 10.9 Å². The largest absolute Gasteiger partial charge is 0.491 e. The van der Waals surface area contributed by atoms with Gasteiger partial charge in [0, 0.05) is 11.0 Å². The first kappa shape index (κ1) is 10.8. The second kappa shape index (κ2) is 4.82. The molecule has 2 nitrogen and oxygen atoms in total. The summed E-state index contributed by atoms with van der Waals surface area (Å²) in [6.07, 6.45) is 1.74. The zero-order valence-corrected chi connectivity index (χ0v) is 9.89. The number of alkyl halides is 1. The molecule has 1 aromatic rings. The van der Waals surface area contributed by atoms with Gasteiger partial charge in [-0.25, -0.2) is 4.98 Å². The maximum atomic E-state index is 5.83. The van der Waals surface area contributed by atoms with Gasteiger partial charge in [-0.2, -0.15) is 0 Å². The van der Waals surface area contributed by atoms with E-state index in [1.165, 1.54) is 0 Å². The van der Waals surface area contributed by atoms with Crippen LogP contribution in [-0.2, 0) is 0 Å². The van der Waals surface area contributed by atoms with Crippen molar-refractivity contribution in [3.05, 3.63) is 23.0 Å². The van der Waals surface area contributed by atoms with E-state index in [0.717, 1.165) is 5.56 Å². The van der Waals surface area contributed by atoms with Crippen LogP contribution in [0.25, 0.3) is 0 Å². The monoisotopic (exact) mass is 263 g/mol. The van der Waals surface area contributed by atoms with E-state index < -0.39 is 0 Å². The van der Waals surface area contributed by atoms with Gasteiger partial charge in [-0.05, 0) is 25.5 Å². The molecule has 1 unspecified atom stereocenters. The highest BCUT2D eigenvalue weighted by Gasteiger charge is 2.07. The molecule has 1 aromatic heterocycles. The van der Waals surface area contributed by atoms with E-state index in [2.05, 4.69) is 20.9 Å². The van der Waals surface area contributed by atoms with Gasteiger partial charge < -0.3 is 4.74 Å². The van der Waals surface area contributed by atoms with Crippen LogP contribution in [0.3, 0.4) is 0 Å². The maximum absolute atomic E-state index is 5.83. The average molecular weight is 265 g/mol. The standard InChI is InChI=1S/C9H11BrClNO/c1-3-13-8-4-7(6(2)10)5-12-9(8)11/h4-6H,3H2,1-2H3. The van der Waals surface area contributed by atoms with Gasteiger partial charge in [0.2, 0.25) is 0 Å². The molecule has 0 N–H and O–H groups in total. The van der Waals surface area contributed by atoms with Crippen molar-refractivity contribution < 1.29 is 4.74 Å². The first-order chi connectivity index (χ1) is 6.15. The second-order valence-electron chi connectivity index (χ2n) is 2.61. The fourth-order valence-corrected chi connectivity index (χ4v) is 1.33. The zero-order valence-electron chi connectivity index (χ0n) is 7.55. The van der Waals surface area contributed by atoms with Crippen molar-refractivity contribution in [3.8, 4) is 5.75 Å². The Kier molecular flexibility index (Phi) is 4.00. The molecule has 72 valence electrons. The number of hydrogen-bond donors (Lipinski definition) is 0. The molecule has 0 saturated carbocycles. The minimum absolute atomic E-state index is 0.261. The molecule has 13 heavy (non-hydrogen) atoms. The van der Waals surface area contributed by atoms with Crippen LogP contribution < -0.4 is 4.74 Å². The summed E-state index contributed by atoms with van der Waals surface area (Å²) in [5.41, 5.74) is 1.06. The molecule has 0 aromatic carbocycles. The van der Waals surface area contributed by atoms with Crippen molar-refractivity contribution in [2.24, 2.45) is 0 Å². The van der Waals surface area contributed by atoms with E-state index in [1.807, 2.05) is 19.9 Å². The number of ether oxygens (including phenoxy) is 1. The van der Waals surface area contributed by atoms with Crippen molar-refractivity contribution in [1.29, 1.82) is 0 Å². The fourth-order valence-electron chi connectivity index (χ4n) is 0.917. The number of halogens is 2. The average Bonchev–Trinajstić information content (AvgIpc) is 2.08. The number of hydrogen-bond acceptors (Lipinski definition) is 2. The highest BCUT2D eigenvalue weighted by atomic mass is 79.9. The summed E-state index contributed by atoms with van der Waals surface area (Å²) in [5, 5.41) is 0.416. The van der Waals surface area contributed by atoms with Crippen molar-refractivity contribution in [2.45, 2.75) is 18.7 Å². The van der Waals surface area contributed by atoms with E-state index >= 15 is 0 Å². The van der Waals surface area contributed by atoms with Crippen molar-refractivity contribution in [1.82, 2.24) is 4.98 Å². The lowest BCUT2D eigenvalue weighted by Gasteiger charge is -2.08. The van der Waals surface area contributed by atoms with Crippen molar-refractivity contribution >= 4 is 27.5 Å². The molecule has 0 aliphatic heterocycles. The molecule has 0 aliphatic carbocycles. The van der Waals surface area contributed by atoms with Crippen LogP contribution in [-0.4, -0.2) is 11.6 Å². The summed E-state index contributed by atoms with van der Waals surface area (Å²) in [5.74, 6) is 0.646. The van der Waals surface area contributed by atoms with Crippen LogP contribution in [0.2, 0.25) is 5.15 Å². The summed E-state index contributed by atoms with van der Waals surface area (Å²) >= 11 is 9.28. The number of rotatable bonds is 3. The van der Waals surface area contributed by atoms with Gasteiger partial charge >= 0.3 is 0 Å². The van der Waals surface area contributed by atoms with Gasteiger partial charge in [-0.15, -0.1) is 0 Å². The van der Waals surface area contributed by atoms with E-state index in [-0.39, 0.29) is 4.83 Å². The summed E-state index contributed by atoms with van der Waals surface area (Å²) in [6.45, 7) is 4.54. The summed E-state index contributed by atoms with van der Waals surface area (Å²) in [6, 6.07) is 1.90. The molecular formula is C9H11BrClNO. The molecule has 4 heteroatoms. The van der Waals surface area contributed by atoms with Crippen LogP contribution in [0.4, 0.5) is 0 Å². The third-order valence-corrected chi connectivity index (χ3v) is 2.40. The van der Waals surface area contributed by atoms with Crippen LogP contribution in [0.15, 0.2) is 12.3 Å². The first-order valence-electron chi connectivity index (χ1n) is 4.07. The molecule has 0 saturated heterocycles. The zero-order chi connectivity index (χ0) is 9.84. The van der Waals surface area contributed by atoms with Crippen LogP contribution in [0, 0.1) is 0 Å². The lowest BCUT2D eigenvalue weighted by atomic mass is 10.2. The molecule has 1 rings (SSSR count). The van der Waals surface area contributed by atoms with Gasteiger partial charge in [-0.1, -0.05) is 27.5 Å². The van der Waals surface area contributed by atoms with E-state index in [0.29, 0.717) is 17.5 Å². The predicted molar refractivity (Wildman–Crippen MR) is 57.8 cm³/mol. The lowest BCUT2D eigenvalue weighted by molar-refractivity contribution is 0.338. The van der Waals surface area contributed by atoms with Gasteiger partial charge in [0.05, 0.1) is 6.61 Å². The SMILES string of the molecule is CCOc1cc(C(C)Br)cnc1Cl. The Balaban J connectivity index is 2.97. The maximum Gasteiger partial charge on any atom is 0.171 e. The molecular weight excluding hydrogens is 253 g/mol. The highest BCUT2D eigenvalue weighted by Crippen LogP contribution is 2.28. The van der Waals surface area contributed by atoms with E-state index in [4.69, 9.17) is 16.3 Å². The summed E-state index contributed by atoms with van der Waals surface area (Å²) < 4.78 is 5.31. The number of pyridine rings is 1. The Morgan fingerprint density at radius 2 is 2.38 bits per heavy atom. The Hall–Kier alpha value is -0.280. The third kappa shape index (κ3) is 2.85. The second-order valence-corrected chi connectivity index (χ2v) is 4.34. The van der Waals surface area contributed by atoms with Crippen LogP contribution in [0.1, 0.15) is 24.2 Å². The van der Waals surface area contributed by atoms with Crippen LogP contribution >= 0.6 is 27.5 Å². The third-order valence-electron chi connectivity index (χ3n) is 1.59. The van der Waals surface area contributed by atoms with E-state index in [9.17, 15) is 0 Å².